The van der Waals surface area contributed by atoms with Gasteiger partial charge in [-0.05, 0) is 30.2 Å². The molecule has 2 aromatic heterocycles. The third kappa shape index (κ3) is 5.47. The van der Waals surface area contributed by atoms with Gasteiger partial charge < -0.3 is 13.7 Å². The molecular weight excluding hydrogens is 364 g/mol. The highest BCUT2D eigenvalue weighted by atomic mass is 35.5. The number of hydrogen-bond donors (Lipinski definition) is 0. The van der Waals surface area contributed by atoms with Gasteiger partial charge in [0, 0.05) is 11.4 Å². The van der Waals surface area contributed by atoms with Crippen LogP contribution in [0.3, 0.4) is 0 Å². The summed E-state index contributed by atoms with van der Waals surface area (Å²) in [6.07, 6.45) is 0.793. The molecule has 0 aliphatic heterocycles. The molecule has 25 heavy (non-hydrogen) atoms. The molecule has 0 aliphatic carbocycles. The lowest BCUT2D eigenvalue weighted by atomic mass is 10.1. The van der Waals surface area contributed by atoms with E-state index in [-0.39, 0.29) is 6.61 Å². The van der Waals surface area contributed by atoms with Gasteiger partial charge >= 0.3 is 0 Å². The molecule has 0 radical (unpaired) electrons. The van der Waals surface area contributed by atoms with Gasteiger partial charge in [0.05, 0.1) is 5.75 Å². The number of nitrogens with zero attached hydrogens (tertiary/aromatic N) is 4. The number of halogens is 1. The Morgan fingerprint density at radius 2 is 1.96 bits per heavy atom. The van der Waals surface area contributed by atoms with Crippen LogP contribution in [0.15, 0.2) is 38.4 Å². The topological polar surface area (TPSA) is 87.1 Å². The Hall–Kier alpha value is -2.06. The van der Waals surface area contributed by atoms with E-state index in [1.165, 1.54) is 11.8 Å². The standard InChI is InChI=1S/C16H17ClN4O3S/c1-10(2)7-13-18-15(24-21-13)9-25-16-20-19-14(23-16)8-22-12-5-3-11(17)4-6-12/h3-6,10H,7-9H2,1-2H3. The fourth-order valence-corrected chi connectivity index (χ4v) is 2.69. The van der Waals surface area contributed by atoms with Gasteiger partial charge in [-0.25, -0.2) is 0 Å². The van der Waals surface area contributed by atoms with Gasteiger partial charge in [0.2, 0.25) is 5.89 Å². The van der Waals surface area contributed by atoms with E-state index in [0.717, 1.165) is 6.42 Å². The lowest BCUT2D eigenvalue weighted by molar-refractivity contribution is 0.252. The van der Waals surface area contributed by atoms with E-state index in [1.54, 1.807) is 24.3 Å². The monoisotopic (exact) mass is 380 g/mol. The quantitative estimate of drug-likeness (QED) is 0.538. The molecule has 3 rings (SSSR count). The highest BCUT2D eigenvalue weighted by Crippen LogP contribution is 2.22. The summed E-state index contributed by atoms with van der Waals surface area (Å²) in [4.78, 5) is 4.33. The lowest BCUT2D eigenvalue weighted by Gasteiger charge is -2.02. The van der Waals surface area contributed by atoms with Gasteiger partial charge in [0.1, 0.15) is 5.75 Å². The number of ether oxygens (including phenoxy) is 1. The Morgan fingerprint density at radius 1 is 1.16 bits per heavy atom. The first-order valence-electron chi connectivity index (χ1n) is 7.73. The van der Waals surface area contributed by atoms with Crippen LogP contribution in [-0.2, 0) is 18.8 Å². The minimum Gasteiger partial charge on any atom is -0.484 e. The van der Waals surface area contributed by atoms with Gasteiger partial charge in [-0.2, -0.15) is 4.98 Å². The van der Waals surface area contributed by atoms with Crippen LogP contribution in [0.4, 0.5) is 0 Å². The molecule has 2 heterocycles. The van der Waals surface area contributed by atoms with E-state index in [4.69, 9.17) is 25.3 Å². The van der Waals surface area contributed by atoms with Crippen molar-refractivity contribution in [2.24, 2.45) is 5.92 Å². The van der Waals surface area contributed by atoms with Crippen LogP contribution in [0.1, 0.15) is 31.5 Å². The van der Waals surface area contributed by atoms with Crippen molar-refractivity contribution in [1.82, 2.24) is 20.3 Å². The lowest BCUT2D eigenvalue weighted by Crippen LogP contribution is -1.96. The molecule has 0 N–H and O–H groups in total. The third-order valence-corrected chi connectivity index (χ3v) is 4.10. The zero-order valence-electron chi connectivity index (χ0n) is 13.8. The van der Waals surface area contributed by atoms with Crippen molar-refractivity contribution in [2.75, 3.05) is 0 Å². The smallest absolute Gasteiger partial charge is 0.277 e. The van der Waals surface area contributed by atoms with Crippen LogP contribution in [0, 0.1) is 5.92 Å². The van der Waals surface area contributed by atoms with Gasteiger partial charge in [0.25, 0.3) is 11.1 Å². The van der Waals surface area contributed by atoms with Crippen molar-refractivity contribution >= 4 is 23.4 Å². The molecule has 0 aliphatic rings. The van der Waals surface area contributed by atoms with E-state index < -0.39 is 0 Å². The molecule has 0 spiro atoms. The minimum absolute atomic E-state index is 0.189. The second kappa shape index (κ2) is 8.35. The molecule has 0 amide bonds. The number of benzene rings is 1. The largest absolute Gasteiger partial charge is 0.484 e. The van der Waals surface area contributed by atoms with Crippen LogP contribution < -0.4 is 4.74 Å². The third-order valence-electron chi connectivity index (χ3n) is 3.04. The summed E-state index contributed by atoms with van der Waals surface area (Å²) in [6, 6.07) is 7.06. The number of hydrogen-bond acceptors (Lipinski definition) is 8. The molecule has 0 bridgehead atoms. The van der Waals surface area contributed by atoms with E-state index in [9.17, 15) is 0 Å². The van der Waals surface area contributed by atoms with Crippen LogP contribution in [0.5, 0.6) is 5.75 Å². The van der Waals surface area contributed by atoms with Gasteiger partial charge in [-0.3, -0.25) is 0 Å². The molecule has 0 atom stereocenters. The first kappa shape index (κ1) is 17.8. The average Bonchev–Trinajstić information content (AvgIpc) is 3.21. The molecule has 0 saturated carbocycles. The number of rotatable bonds is 8. The highest BCUT2D eigenvalue weighted by molar-refractivity contribution is 7.98. The minimum atomic E-state index is 0.189. The number of aromatic nitrogens is 4. The maximum atomic E-state index is 5.83. The van der Waals surface area contributed by atoms with Crippen LogP contribution in [-0.4, -0.2) is 20.3 Å². The maximum absolute atomic E-state index is 5.83. The van der Waals surface area contributed by atoms with Crippen molar-refractivity contribution in [3.63, 3.8) is 0 Å². The molecule has 3 aromatic rings. The number of thioether (sulfide) groups is 1. The maximum Gasteiger partial charge on any atom is 0.277 e. The Kier molecular flexibility index (Phi) is 5.93. The first-order valence-corrected chi connectivity index (χ1v) is 9.10. The predicted octanol–water partition coefficient (Wildman–Crippen LogP) is 4.18. The zero-order valence-corrected chi connectivity index (χ0v) is 15.4. The SMILES string of the molecule is CC(C)Cc1noc(CSc2nnc(COc3ccc(Cl)cc3)o2)n1. The van der Waals surface area contributed by atoms with Crippen molar-refractivity contribution in [3.8, 4) is 5.75 Å². The molecular formula is C16H17ClN4O3S. The van der Waals surface area contributed by atoms with Crippen molar-refractivity contribution < 1.29 is 13.7 Å². The molecule has 0 saturated heterocycles. The Labute approximate surface area is 154 Å². The molecule has 0 unspecified atom stereocenters. The van der Waals surface area contributed by atoms with Crippen molar-refractivity contribution in [2.45, 2.75) is 37.9 Å². The fourth-order valence-electron chi connectivity index (χ4n) is 1.95. The zero-order chi connectivity index (χ0) is 17.6. The van der Waals surface area contributed by atoms with E-state index >= 15 is 0 Å². The van der Waals surface area contributed by atoms with Crippen molar-refractivity contribution in [1.29, 1.82) is 0 Å². The Balaban J connectivity index is 1.48. The van der Waals surface area contributed by atoms with Crippen LogP contribution >= 0.6 is 23.4 Å². The summed E-state index contributed by atoms with van der Waals surface area (Å²) in [7, 11) is 0. The average molecular weight is 381 g/mol. The van der Waals surface area contributed by atoms with E-state index in [2.05, 4.69) is 34.2 Å². The fraction of sp³-hybridized carbons (Fsp3) is 0.375. The van der Waals surface area contributed by atoms with Crippen LogP contribution in [0.25, 0.3) is 0 Å². The second-order valence-corrected chi connectivity index (χ2v) is 7.06. The first-order chi connectivity index (χ1) is 12.1. The molecule has 0 fully saturated rings. The highest BCUT2D eigenvalue weighted by Gasteiger charge is 2.12. The molecule has 9 heteroatoms. The summed E-state index contributed by atoms with van der Waals surface area (Å²) in [5, 5.41) is 12.9. The normalized spacial score (nSPS) is 11.2. The van der Waals surface area contributed by atoms with Gasteiger partial charge in [-0.1, -0.05) is 42.4 Å². The van der Waals surface area contributed by atoms with Crippen LogP contribution in [0.2, 0.25) is 5.02 Å². The Bertz CT molecular complexity index is 804. The summed E-state index contributed by atoms with van der Waals surface area (Å²) in [5.74, 6) is 3.29. The van der Waals surface area contributed by atoms with Gasteiger partial charge in [0.15, 0.2) is 12.4 Å². The molecule has 7 nitrogen and oxygen atoms in total. The van der Waals surface area contributed by atoms with E-state index in [1.807, 2.05) is 0 Å². The predicted molar refractivity (Wildman–Crippen MR) is 92.5 cm³/mol. The molecule has 132 valence electrons. The summed E-state index contributed by atoms with van der Waals surface area (Å²) >= 11 is 7.17. The summed E-state index contributed by atoms with van der Waals surface area (Å²) in [6.45, 7) is 4.40. The van der Waals surface area contributed by atoms with E-state index in [0.29, 0.717) is 45.3 Å². The summed E-state index contributed by atoms with van der Waals surface area (Å²) in [5.41, 5.74) is 0. The summed E-state index contributed by atoms with van der Waals surface area (Å²) < 4.78 is 16.3. The second-order valence-electron chi connectivity index (χ2n) is 5.70. The van der Waals surface area contributed by atoms with Crippen molar-refractivity contribution in [3.05, 3.63) is 46.9 Å². The van der Waals surface area contributed by atoms with Gasteiger partial charge in [-0.15, -0.1) is 10.2 Å². The molecule has 1 aromatic carbocycles. The Morgan fingerprint density at radius 3 is 2.72 bits per heavy atom.